The number of carbonyl (C=O) groups is 1. The quantitative estimate of drug-likeness (QED) is 0.727. The topological polar surface area (TPSA) is 81.8 Å². The zero-order valence-corrected chi connectivity index (χ0v) is 13.0. The second kappa shape index (κ2) is 7.36. The molecule has 2 heterocycles. The predicted octanol–water partition coefficient (Wildman–Crippen LogP) is 0.788. The van der Waals surface area contributed by atoms with E-state index in [9.17, 15) is 9.59 Å². The van der Waals surface area contributed by atoms with E-state index in [2.05, 4.69) is 15.5 Å². The number of nitrogens with one attached hydrogen (secondary N) is 1. The molecule has 7 heteroatoms. The van der Waals surface area contributed by atoms with Crippen molar-refractivity contribution in [3.05, 3.63) is 76.8 Å². The van der Waals surface area contributed by atoms with Gasteiger partial charge in [0.2, 0.25) is 5.91 Å². The lowest BCUT2D eigenvalue weighted by molar-refractivity contribution is -0.120. The van der Waals surface area contributed by atoms with Crippen LogP contribution in [0.2, 0.25) is 0 Å². The van der Waals surface area contributed by atoms with Gasteiger partial charge in [-0.2, -0.15) is 5.10 Å². The minimum absolute atomic E-state index is 0.0857. The molecule has 0 fully saturated rings. The van der Waals surface area contributed by atoms with Crippen LogP contribution in [-0.4, -0.2) is 32.0 Å². The van der Waals surface area contributed by atoms with Crippen molar-refractivity contribution in [3.63, 3.8) is 0 Å². The monoisotopic (exact) mass is 323 g/mol. The minimum atomic E-state index is -0.219. The van der Waals surface area contributed by atoms with Gasteiger partial charge in [-0.1, -0.05) is 30.3 Å². The van der Waals surface area contributed by atoms with Gasteiger partial charge in [0.1, 0.15) is 0 Å². The van der Waals surface area contributed by atoms with Gasteiger partial charge in [-0.05, 0) is 17.7 Å². The first-order valence-electron chi connectivity index (χ1n) is 7.61. The average Bonchev–Trinajstić information content (AvgIpc) is 3.12. The molecule has 0 aliphatic rings. The Morgan fingerprint density at radius 3 is 2.67 bits per heavy atom. The zero-order valence-electron chi connectivity index (χ0n) is 13.0. The molecule has 24 heavy (non-hydrogen) atoms. The van der Waals surface area contributed by atoms with Crippen LogP contribution in [0.15, 0.2) is 65.7 Å². The SMILES string of the molecule is O=C(Cc1ccccc1)NCCn1nc(-n2cccn2)ccc1=O. The maximum atomic E-state index is 11.9. The first-order chi connectivity index (χ1) is 11.7. The molecule has 2 aromatic heterocycles. The molecule has 1 N–H and O–H groups in total. The highest BCUT2D eigenvalue weighted by atomic mass is 16.1. The molecule has 3 rings (SSSR count). The number of carbonyl (C=O) groups excluding carboxylic acids is 1. The smallest absolute Gasteiger partial charge is 0.266 e. The Hall–Kier alpha value is -3.22. The van der Waals surface area contributed by atoms with E-state index in [1.54, 1.807) is 29.2 Å². The molecule has 0 saturated carbocycles. The van der Waals surface area contributed by atoms with Crippen molar-refractivity contribution in [1.29, 1.82) is 0 Å². The molecule has 7 nitrogen and oxygen atoms in total. The highest BCUT2D eigenvalue weighted by molar-refractivity contribution is 5.78. The Kier molecular flexibility index (Phi) is 4.81. The molecular formula is C17H17N5O2. The molecule has 122 valence electrons. The number of aromatic nitrogens is 4. The molecule has 0 saturated heterocycles. The molecule has 0 bridgehead atoms. The number of hydrogen-bond donors (Lipinski definition) is 1. The summed E-state index contributed by atoms with van der Waals surface area (Å²) in [6, 6.07) is 14.3. The molecule has 0 atom stereocenters. The summed E-state index contributed by atoms with van der Waals surface area (Å²) < 4.78 is 2.89. The summed E-state index contributed by atoms with van der Waals surface area (Å²) in [5.74, 6) is 0.465. The van der Waals surface area contributed by atoms with Gasteiger partial charge in [-0.15, -0.1) is 5.10 Å². The summed E-state index contributed by atoms with van der Waals surface area (Å²) in [6.07, 6.45) is 3.70. The van der Waals surface area contributed by atoms with Crippen molar-refractivity contribution < 1.29 is 4.79 Å². The first-order valence-corrected chi connectivity index (χ1v) is 7.61. The van der Waals surface area contributed by atoms with E-state index in [0.29, 0.717) is 25.3 Å². The van der Waals surface area contributed by atoms with Gasteiger partial charge >= 0.3 is 0 Å². The van der Waals surface area contributed by atoms with E-state index in [1.807, 2.05) is 30.3 Å². The number of benzene rings is 1. The first kappa shape index (κ1) is 15.7. The van der Waals surface area contributed by atoms with Gasteiger partial charge in [0.25, 0.3) is 5.56 Å². The molecule has 1 amide bonds. The number of rotatable bonds is 6. The lowest BCUT2D eigenvalue weighted by atomic mass is 10.1. The van der Waals surface area contributed by atoms with Gasteiger partial charge in [0.05, 0.1) is 13.0 Å². The molecule has 0 spiro atoms. The Labute approximate surface area is 138 Å². The van der Waals surface area contributed by atoms with Gasteiger partial charge in [0, 0.05) is 25.0 Å². The van der Waals surface area contributed by atoms with E-state index in [-0.39, 0.29) is 11.5 Å². The van der Waals surface area contributed by atoms with Crippen molar-refractivity contribution in [2.45, 2.75) is 13.0 Å². The molecular weight excluding hydrogens is 306 g/mol. The highest BCUT2D eigenvalue weighted by Gasteiger charge is 2.05. The average molecular weight is 323 g/mol. The summed E-state index contributed by atoms with van der Waals surface area (Å²) in [5.41, 5.74) is 0.731. The van der Waals surface area contributed by atoms with Crippen LogP contribution in [-0.2, 0) is 17.8 Å². The zero-order chi connectivity index (χ0) is 16.8. The van der Waals surface area contributed by atoms with Crippen molar-refractivity contribution in [2.75, 3.05) is 6.54 Å². The highest BCUT2D eigenvalue weighted by Crippen LogP contribution is 1.99. The van der Waals surface area contributed by atoms with Crippen molar-refractivity contribution >= 4 is 5.91 Å². The van der Waals surface area contributed by atoms with E-state index < -0.39 is 0 Å². The summed E-state index contributed by atoms with van der Waals surface area (Å²) in [6.45, 7) is 0.635. The lowest BCUT2D eigenvalue weighted by Crippen LogP contribution is -2.33. The molecule has 0 radical (unpaired) electrons. The van der Waals surface area contributed by atoms with Gasteiger partial charge in [0.15, 0.2) is 5.82 Å². The third-order valence-electron chi connectivity index (χ3n) is 3.44. The molecule has 0 aliphatic carbocycles. The van der Waals surface area contributed by atoms with E-state index in [1.165, 1.54) is 10.7 Å². The minimum Gasteiger partial charge on any atom is -0.354 e. The van der Waals surface area contributed by atoms with Crippen LogP contribution in [0.3, 0.4) is 0 Å². The van der Waals surface area contributed by atoms with Crippen LogP contribution in [0, 0.1) is 0 Å². The molecule has 0 aliphatic heterocycles. The number of hydrogen-bond acceptors (Lipinski definition) is 4. The van der Waals surface area contributed by atoms with Gasteiger partial charge in [-0.25, -0.2) is 9.36 Å². The second-order valence-corrected chi connectivity index (χ2v) is 5.22. The Morgan fingerprint density at radius 2 is 1.92 bits per heavy atom. The Morgan fingerprint density at radius 1 is 1.08 bits per heavy atom. The Bertz CT molecular complexity index is 856. The fourth-order valence-electron chi connectivity index (χ4n) is 2.27. The fraction of sp³-hybridized carbons (Fsp3) is 0.176. The largest absolute Gasteiger partial charge is 0.354 e. The lowest BCUT2D eigenvalue weighted by Gasteiger charge is -2.08. The van der Waals surface area contributed by atoms with Crippen LogP contribution >= 0.6 is 0 Å². The maximum Gasteiger partial charge on any atom is 0.266 e. The summed E-state index contributed by atoms with van der Waals surface area (Å²) in [5, 5.41) is 11.1. The standard InChI is InChI=1S/C17H17N5O2/c23-16(13-14-5-2-1-3-6-14)18-10-12-22-17(24)8-7-15(20-22)21-11-4-9-19-21/h1-9,11H,10,12-13H2,(H,18,23). The number of amides is 1. The van der Waals surface area contributed by atoms with E-state index >= 15 is 0 Å². The summed E-state index contributed by atoms with van der Waals surface area (Å²) in [4.78, 5) is 23.8. The third kappa shape index (κ3) is 3.95. The van der Waals surface area contributed by atoms with Crippen LogP contribution in [0.5, 0.6) is 0 Å². The van der Waals surface area contributed by atoms with Gasteiger partial charge < -0.3 is 5.32 Å². The van der Waals surface area contributed by atoms with Crippen LogP contribution in [0.4, 0.5) is 0 Å². The second-order valence-electron chi connectivity index (χ2n) is 5.22. The number of nitrogens with zero attached hydrogens (tertiary/aromatic N) is 4. The van der Waals surface area contributed by atoms with Crippen LogP contribution in [0.25, 0.3) is 5.82 Å². The van der Waals surface area contributed by atoms with Crippen LogP contribution < -0.4 is 10.9 Å². The van der Waals surface area contributed by atoms with E-state index in [4.69, 9.17) is 0 Å². The van der Waals surface area contributed by atoms with E-state index in [0.717, 1.165) is 5.56 Å². The van der Waals surface area contributed by atoms with Gasteiger partial charge in [-0.3, -0.25) is 9.59 Å². The van der Waals surface area contributed by atoms with Crippen LogP contribution in [0.1, 0.15) is 5.56 Å². The maximum absolute atomic E-state index is 11.9. The molecule has 0 unspecified atom stereocenters. The molecule has 3 aromatic rings. The van der Waals surface area contributed by atoms with Crippen molar-refractivity contribution in [1.82, 2.24) is 24.9 Å². The summed E-state index contributed by atoms with van der Waals surface area (Å²) >= 11 is 0. The fourth-order valence-corrected chi connectivity index (χ4v) is 2.27. The molecule has 1 aromatic carbocycles. The van der Waals surface area contributed by atoms with Crippen molar-refractivity contribution in [2.24, 2.45) is 0 Å². The third-order valence-corrected chi connectivity index (χ3v) is 3.44. The normalized spacial score (nSPS) is 10.5. The van der Waals surface area contributed by atoms with Crippen molar-refractivity contribution in [3.8, 4) is 5.82 Å². The Balaban J connectivity index is 1.57. The summed E-state index contributed by atoms with van der Waals surface area (Å²) in [7, 11) is 0. The predicted molar refractivity (Wildman–Crippen MR) is 88.8 cm³/mol.